The maximum atomic E-state index is 5.24. The van der Waals surface area contributed by atoms with Gasteiger partial charge in [-0.15, -0.1) is 24.0 Å². The van der Waals surface area contributed by atoms with E-state index in [1.165, 1.54) is 51.7 Å². The quantitative estimate of drug-likeness (QED) is 0.334. The summed E-state index contributed by atoms with van der Waals surface area (Å²) in [4.78, 5) is 6.54. The maximum Gasteiger partial charge on any atom is 0.185 e. The van der Waals surface area contributed by atoms with E-state index in [4.69, 9.17) is 11.5 Å². The molecule has 1 rings (SSSR count). The highest BCUT2D eigenvalue weighted by Crippen LogP contribution is 2.09. The first-order chi connectivity index (χ1) is 7.29. The Balaban J connectivity index is 0.00000225. The molecule has 0 radical (unpaired) electrons. The molecule has 0 aromatic heterocycles. The first-order valence-corrected chi connectivity index (χ1v) is 6.07. The minimum atomic E-state index is 0. The number of aliphatic imine (C=N–C) groups is 1. The van der Waals surface area contributed by atoms with Crippen molar-refractivity contribution >= 4 is 29.9 Å². The number of rotatable bonds is 6. The van der Waals surface area contributed by atoms with E-state index >= 15 is 0 Å². The van der Waals surface area contributed by atoms with Crippen LogP contribution in [-0.2, 0) is 0 Å². The minimum absolute atomic E-state index is 0. The normalized spacial score (nSPS) is 16.5. The number of nitrogens with zero attached hydrogens (tertiary/aromatic N) is 2. The molecule has 0 saturated carbocycles. The van der Waals surface area contributed by atoms with Crippen molar-refractivity contribution in [2.24, 2.45) is 16.5 Å². The van der Waals surface area contributed by atoms with Crippen molar-refractivity contribution in [3.63, 3.8) is 0 Å². The number of piperidine rings is 1. The molecule has 16 heavy (non-hydrogen) atoms. The van der Waals surface area contributed by atoms with Crippen LogP contribution in [0.1, 0.15) is 38.5 Å². The summed E-state index contributed by atoms with van der Waals surface area (Å²) in [5, 5.41) is 0. The molecular formula is C11H25IN4. The van der Waals surface area contributed by atoms with Gasteiger partial charge in [-0.1, -0.05) is 12.8 Å². The van der Waals surface area contributed by atoms with Gasteiger partial charge in [0.1, 0.15) is 0 Å². The van der Waals surface area contributed by atoms with Crippen molar-refractivity contribution in [2.75, 3.05) is 26.2 Å². The molecule has 0 amide bonds. The molecule has 0 spiro atoms. The Morgan fingerprint density at radius 2 is 1.69 bits per heavy atom. The molecule has 1 fully saturated rings. The summed E-state index contributed by atoms with van der Waals surface area (Å²) in [6.45, 7) is 4.63. The van der Waals surface area contributed by atoms with Crippen LogP contribution in [0.5, 0.6) is 0 Å². The molecule has 1 aliphatic heterocycles. The second-order valence-electron chi connectivity index (χ2n) is 4.27. The third kappa shape index (κ3) is 8.15. The average molecular weight is 340 g/mol. The zero-order valence-electron chi connectivity index (χ0n) is 10.0. The van der Waals surface area contributed by atoms with Gasteiger partial charge in [0.2, 0.25) is 0 Å². The molecule has 1 aliphatic rings. The topological polar surface area (TPSA) is 67.6 Å². The highest BCUT2D eigenvalue weighted by Gasteiger charge is 2.08. The fourth-order valence-corrected chi connectivity index (χ4v) is 2.02. The van der Waals surface area contributed by atoms with Gasteiger partial charge in [0.25, 0.3) is 0 Å². The van der Waals surface area contributed by atoms with E-state index in [-0.39, 0.29) is 29.9 Å². The first-order valence-electron chi connectivity index (χ1n) is 6.07. The van der Waals surface area contributed by atoms with Gasteiger partial charge in [0.15, 0.2) is 5.96 Å². The minimum Gasteiger partial charge on any atom is -0.370 e. The average Bonchev–Trinajstić information content (AvgIpc) is 2.24. The van der Waals surface area contributed by atoms with E-state index in [0.29, 0.717) is 0 Å². The van der Waals surface area contributed by atoms with Gasteiger partial charge in [-0.3, -0.25) is 4.99 Å². The smallest absolute Gasteiger partial charge is 0.185 e. The molecule has 4 N–H and O–H groups in total. The molecule has 0 unspecified atom stereocenters. The van der Waals surface area contributed by atoms with E-state index in [1.807, 2.05) is 0 Å². The van der Waals surface area contributed by atoms with Crippen molar-refractivity contribution in [1.29, 1.82) is 0 Å². The zero-order chi connectivity index (χ0) is 10.9. The number of unbranched alkanes of at least 4 members (excludes halogenated alkanes) is 2. The highest BCUT2D eigenvalue weighted by atomic mass is 127. The predicted molar refractivity (Wildman–Crippen MR) is 80.2 cm³/mol. The number of likely N-dealkylation sites (tertiary alicyclic amines) is 1. The molecule has 0 aliphatic carbocycles. The van der Waals surface area contributed by atoms with Crippen LogP contribution in [0.4, 0.5) is 0 Å². The Bertz CT molecular complexity index is 186. The second kappa shape index (κ2) is 10.1. The maximum absolute atomic E-state index is 5.24. The van der Waals surface area contributed by atoms with Crippen LogP contribution in [0, 0.1) is 0 Å². The van der Waals surface area contributed by atoms with Crippen molar-refractivity contribution in [3.05, 3.63) is 0 Å². The number of hydrogen-bond donors (Lipinski definition) is 2. The Morgan fingerprint density at radius 1 is 1.00 bits per heavy atom. The fraction of sp³-hybridized carbons (Fsp3) is 0.909. The third-order valence-electron chi connectivity index (χ3n) is 2.88. The third-order valence-corrected chi connectivity index (χ3v) is 2.88. The summed E-state index contributed by atoms with van der Waals surface area (Å²) in [6, 6.07) is 0. The molecule has 5 heteroatoms. The Kier molecular flexibility index (Phi) is 10.1. The van der Waals surface area contributed by atoms with E-state index in [1.54, 1.807) is 0 Å². The summed E-state index contributed by atoms with van der Waals surface area (Å²) < 4.78 is 0. The first kappa shape index (κ1) is 16.0. The molecule has 0 atom stereocenters. The van der Waals surface area contributed by atoms with E-state index in [2.05, 4.69) is 9.89 Å². The van der Waals surface area contributed by atoms with Crippen LogP contribution >= 0.6 is 24.0 Å². The summed E-state index contributed by atoms with van der Waals surface area (Å²) in [5.74, 6) is 0.214. The van der Waals surface area contributed by atoms with Gasteiger partial charge >= 0.3 is 0 Å². The summed E-state index contributed by atoms with van der Waals surface area (Å²) in [6.07, 6.45) is 7.79. The van der Waals surface area contributed by atoms with Crippen molar-refractivity contribution in [3.8, 4) is 0 Å². The molecule has 0 aromatic carbocycles. The molecule has 0 aromatic rings. The van der Waals surface area contributed by atoms with Gasteiger partial charge in [0.05, 0.1) is 0 Å². The number of hydrogen-bond acceptors (Lipinski definition) is 2. The van der Waals surface area contributed by atoms with Gasteiger partial charge in [-0.2, -0.15) is 0 Å². The predicted octanol–water partition coefficient (Wildman–Crippen LogP) is 1.53. The molecule has 4 nitrogen and oxygen atoms in total. The molecule has 96 valence electrons. The summed E-state index contributed by atoms with van der Waals surface area (Å²) >= 11 is 0. The van der Waals surface area contributed by atoms with Crippen LogP contribution in [0.15, 0.2) is 4.99 Å². The van der Waals surface area contributed by atoms with Gasteiger partial charge in [-0.25, -0.2) is 0 Å². The summed E-state index contributed by atoms with van der Waals surface area (Å²) in [7, 11) is 0. The Hall–Kier alpha value is -0.0400. The zero-order valence-corrected chi connectivity index (χ0v) is 12.4. The van der Waals surface area contributed by atoms with Crippen molar-refractivity contribution in [1.82, 2.24) is 4.90 Å². The van der Waals surface area contributed by atoms with E-state index in [9.17, 15) is 0 Å². The lowest BCUT2D eigenvalue weighted by Crippen LogP contribution is -2.30. The van der Waals surface area contributed by atoms with E-state index in [0.717, 1.165) is 13.0 Å². The number of guanidine groups is 1. The standard InChI is InChI=1S/C11H24N4.HI/c12-11(13)14-7-3-1-4-8-15-9-5-2-6-10-15;/h1-10H2,(H4,12,13,14);1H. The van der Waals surface area contributed by atoms with Crippen LogP contribution in [0.3, 0.4) is 0 Å². The van der Waals surface area contributed by atoms with Crippen LogP contribution in [0.2, 0.25) is 0 Å². The Labute approximate surface area is 116 Å². The monoisotopic (exact) mass is 340 g/mol. The van der Waals surface area contributed by atoms with Crippen LogP contribution in [-0.4, -0.2) is 37.0 Å². The SMILES string of the molecule is I.NC(N)=NCCCCCN1CCCCC1. The fourth-order valence-electron chi connectivity index (χ4n) is 2.02. The molecule has 0 bridgehead atoms. The van der Waals surface area contributed by atoms with Crippen LogP contribution < -0.4 is 11.5 Å². The molecular weight excluding hydrogens is 315 g/mol. The number of halogens is 1. The lowest BCUT2D eigenvalue weighted by atomic mass is 10.1. The highest BCUT2D eigenvalue weighted by molar-refractivity contribution is 14.0. The van der Waals surface area contributed by atoms with Gasteiger partial charge < -0.3 is 16.4 Å². The molecule has 1 saturated heterocycles. The van der Waals surface area contributed by atoms with Crippen LogP contribution in [0.25, 0.3) is 0 Å². The molecule has 1 heterocycles. The van der Waals surface area contributed by atoms with Gasteiger partial charge in [-0.05, 0) is 45.3 Å². The van der Waals surface area contributed by atoms with Crippen molar-refractivity contribution < 1.29 is 0 Å². The summed E-state index contributed by atoms with van der Waals surface area (Å²) in [5.41, 5.74) is 10.5. The van der Waals surface area contributed by atoms with Gasteiger partial charge in [0, 0.05) is 6.54 Å². The largest absolute Gasteiger partial charge is 0.370 e. The van der Waals surface area contributed by atoms with Crippen molar-refractivity contribution in [2.45, 2.75) is 38.5 Å². The lowest BCUT2D eigenvalue weighted by molar-refractivity contribution is 0.224. The lowest BCUT2D eigenvalue weighted by Gasteiger charge is -2.26. The Morgan fingerprint density at radius 3 is 2.31 bits per heavy atom. The van der Waals surface area contributed by atoms with E-state index < -0.39 is 0 Å². The number of nitrogens with two attached hydrogens (primary N) is 2. The second-order valence-corrected chi connectivity index (χ2v) is 4.27.